The van der Waals surface area contributed by atoms with Gasteiger partial charge in [-0.2, -0.15) is 12.6 Å². The van der Waals surface area contributed by atoms with Crippen molar-refractivity contribution in [3.8, 4) is 0 Å². The van der Waals surface area contributed by atoms with Crippen molar-refractivity contribution in [2.45, 2.75) is 34.8 Å². The molecule has 0 bridgehead atoms. The molecule has 0 aliphatic heterocycles. The molecule has 0 aliphatic carbocycles. The molecule has 0 aliphatic rings. The summed E-state index contributed by atoms with van der Waals surface area (Å²) in [5.41, 5.74) is 3.94. The SMILES string of the molecule is CC(C)(S)c1ccc(Sc2ccc(Cc3ccccc3)cc2)cc1. The smallest absolute Gasteiger partial charge is 0.0322 e. The third-order valence-corrected chi connectivity index (χ3v) is 5.24. The summed E-state index contributed by atoms with van der Waals surface area (Å²) in [6, 6.07) is 28.1. The molecule has 2 heteroatoms. The second-order valence-corrected chi connectivity index (χ2v) is 8.76. The van der Waals surface area contributed by atoms with E-state index in [1.54, 1.807) is 11.8 Å². The first-order chi connectivity index (χ1) is 11.5. The second kappa shape index (κ2) is 7.50. The number of thiol groups is 1. The van der Waals surface area contributed by atoms with Gasteiger partial charge in [0.05, 0.1) is 0 Å². The van der Waals surface area contributed by atoms with E-state index in [-0.39, 0.29) is 4.75 Å². The van der Waals surface area contributed by atoms with Gasteiger partial charge in [0.1, 0.15) is 0 Å². The molecule has 0 atom stereocenters. The number of benzene rings is 3. The topological polar surface area (TPSA) is 0 Å². The monoisotopic (exact) mass is 350 g/mol. The Balaban J connectivity index is 1.66. The highest BCUT2D eigenvalue weighted by Crippen LogP contribution is 2.32. The Morgan fingerprint density at radius 3 is 1.75 bits per heavy atom. The van der Waals surface area contributed by atoms with Crippen LogP contribution in [0.1, 0.15) is 30.5 Å². The van der Waals surface area contributed by atoms with Crippen LogP contribution in [0.4, 0.5) is 0 Å². The largest absolute Gasteiger partial charge is 0.168 e. The Morgan fingerprint density at radius 2 is 1.21 bits per heavy atom. The molecule has 24 heavy (non-hydrogen) atoms. The molecule has 0 unspecified atom stereocenters. The average molecular weight is 351 g/mol. The van der Waals surface area contributed by atoms with Gasteiger partial charge in [0.2, 0.25) is 0 Å². The highest BCUT2D eigenvalue weighted by molar-refractivity contribution is 7.99. The molecular formula is C22H22S2. The van der Waals surface area contributed by atoms with Crippen molar-refractivity contribution in [2.24, 2.45) is 0 Å². The highest BCUT2D eigenvalue weighted by Gasteiger charge is 2.14. The van der Waals surface area contributed by atoms with Crippen molar-refractivity contribution >= 4 is 24.4 Å². The van der Waals surface area contributed by atoms with Gasteiger partial charge >= 0.3 is 0 Å². The zero-order valence-corrected chi connectivity index (χ0v) is 15.8. The minimum atomic E-state index is -0.0950. The van der Waals surface area contributed by atoms with Gasteiger partial charge in [-0.25, -0.2) is 0 Å². The quantitative estimate of drug-likeness (QED) is 0.506. The fourth-order valence-corrected chi connectivity index (χ4v) is 3.54. The minimum absolute atomic E-state index is 0.0950. The summed E-state index contributed by atoms with van der Waals surface area (Å²) in [5, 5.41) is 0. The standard InChI is InChI=1S/C22H22S2/c1-22(2,23)19-10-14-21(15-11-19)24-20-12-8-18(9-13-20)16-17-6-4-3-5-7-17/h3-15,23H,16H2,1-2H3. The van der Waals surface area contributed by atoms with E-state index in [0.29, 0.717) is 0 Å². The molecule has 0 heterocycles. The van der Waals surface area contributed by atoms with Crippen LogP contribution in [-0.2, 0) is 11.2 Å². The van der Waals surface area contributed by atoms with Gasteiger partial charge < -0.3 is 0 Å². The van der Waals surface area contributed by atoms with Gasteiger partial charge in [0, 0.05) is 14.5 Å². The first kappa shape index (κ1) is 17.2. The summed E-state index contributed by atoms with van der Waals surface area (Å²) in [6.07, 6.45) is 0.984. The van der Waals surface area contributed by atoms with Gasteiger partial charge in [-0.1, -0.05) is 66.4 Å². The first-order valence-electron chi connectivity index (χ1n) is 8.14. The Kier molecular flexibility index (Phi) is 5.37. The Morgan fingerprint density at radius 1 is 0.708 bits per heavy atom. The molecule has 0 nitrogen and oxygen atoms in total. The molecule has 0 aromatic heterocycles. The molecule has 0 saturated carbocycles. The van der Waals surface area contributed by atoms with E-state index in [9.17, 15) is 0 Å². The van der Waals surface area contributed by atoms with Crippen molar-refractivity contribution in [2.75, 3.05) is 0 Å². The summed E-state index contributed by atoms with van der Waals surface area (Å²) in [7, 11) is 0. The van der Waals surface area contributed by atoms with Crippen molar-refractivity contribution in [1.29, 1.82) is 0 Å². The number of rotatable bonds is 5. The summed E-state index contributed by atoms with van der Waals surface area (Å²) >= 11 is 6.42. The molecule has 0 spiro atoms. The van der Waals surface area contributed by atoms with E-state index in [4.69, 9.17) is 0 Å². The second-order valence-electron chi connectivity index (χ2n) is 6.49. The van der Waals surface area contributed by atoms with Crippen LogP contribution in [-0.4, -0.2) is 0 Å². The van der Waals surface area contributed by atoms with Crippen molar-refractivity contribution in [3.05, 3.63) is 95.6 Å². The van der Waals surface area contributed by atoms with E-state index in [2.05, 4.69) is 105 Å². The van der Waals surface area contributed by atoms with Gasteiger partial charge in [-0.15, -0.1) is 0 Å². The van der Waals surface area contributed by atoms with Crippen LogP contribution in [0.5, 0.6) is 0 Å². The maximum absolute atomic E-state index is 4.62. The predicted molar refractivity (Wildman–Crippen MR) is 108 cm³/mol. The zero-order valence-electron chi connectivity index (χ0n) is 14.1. The van der Waals surface area contributed by atoms with Crippen LogP contribution in [0.25, 0.3) is 0 Å². The third-order valence-electron chi connectivity index (χ3n) is 3.97. The maximum atomic E-state index is 4.62. The zero-order chi connectivity index (χ0) is 17.0. The summed E-state index contributed by atoms with van der Waals surface area (Å²) in [6.45, 7) is 4.23. The maximum Gasteiger partial charge on any atom is 0.0322 e. The van der Waals surface area contributed by atoms with Crippen LogP contribution in [0.3, 0.4) is 0 Å². The molecule has 0 fully saturated rings. The molecular weight excluding hydrogens is 328 g/mol. The molecule has 0 saturated heterocycles. The summed E-state index contributed by atoms with van der Waals surface area (Å²) in [4.78, 5) is 2.52. The van der Waals surface area contributed by atoms with E-state index in [0.717, 1.165) is 6.42 Å². The number of hydrogen-bond acceptors (Lipinski definition) is 2. The van der Waals surface area contributed by atoms with E-state index >= 15 is 0 Å². The normalized spacial score (nSPS) is 11.5. The molecule has 122 valence electrons. The Hall–Kier alpha value is -1.64. The van der Waals surface area contributed by atoms with Crippen LogP contribution in [0.2, 0.25) is 0 Å². The molecule has 0 radical (unpaired) electrons. The van der Waals surface area contributed by atoms with Crippen molar-refractivity contribution in [3.63, 3.8) is 0 Å². The Bertz CT molecular complexity index is 767. The lowest BCUT2D eigenvalue weighted by atomic mass is 10.0. The van der Waals surface area contributed by atoms with Crippen LogP contribution >= 0.6 is 24.4 Å². The van der Waals surface area contributed by atoms with E-state index < -0.39 is 0 Å². The summed E-state index contributed by atoms with van der Waals surface area (Å²) in [5.74, 6) is 0. The average Bonchev–Trinajstić information content (AvgIpc) is 2.57. The van der Waals surface area contributed by atoms with Crippen molar-refractivity contribution in [1.82, 2.24) is 0 Å². The highest BCUT2D eigenvalue weighted by atomic mass is 32.2. The molecule has 3 rings (SSSR count). The third kappa shape index (κ3) is 4.68. The minimum Gasteiger partial charge on any atom is -0.168 e. The van der Waals surface area contributed by atoms with Crippen LogP contribution in [0, 0.1) is 0 Å². The van der Waals surface area contributed by atoms with Crippen LogP contribution < -0.4 is 0 Å². The molecule has 0 amide bonds. The fourth-order valence-electron chi connectivity index (χ4n) is 2.57. The lowest BCUT2D eigenvalue weighted by Crippen LogP contribution is -2.06. The van der Waals surface area contributed by atoms with E-state index in [1.165, 1.54) is 26.5 Å². The summed E-state index contributed by atoms with van der Waals surface area (Å²) < 4.78 is -0.0950. The molecule has 3 aromatic carbocycles. The van der Waals surface area contributed by atoms with Crippen LogP contribution in [0.15, 0.2) is 88.7 Å². The Labute approximate surface area is 154 Å². The fraction of sp³-hybridized carbons (Fsp3) is 0.182. The number of hydrogen-bond donors (Lipinski definition) is 1. The van der Waals surface area contributed by atoms with Crippen molar-refractivity contribution < 1.29 is 0 Å². The van der Waals surface area contributed by atoms with Gasteiger partial charge in [-0.3, -0.25) is 0 Å². The molecule has 0 N–H and O–H groups in total. The lowest BCUT2D eigenvalue weighted by Gasteiger charge is -2.18. The molecule has 3 aromatic rings. The van der Waals surface area contributed by atoms with E-state index in [1.807, 2.05) is 0 Å². The van der Waals surface area contributed by atoms with Gasteiger partial charge in [0.15, 0.2) is 0 Å². The first-order valence-corrected chi connectivity index (χ1v) is 9.41. The van der Waals surface area contributed by atoms with Gasteiger partial charge in [-0.05, 0) is 61.2 Å². The van der Waals surface area contributed by atoms with Gasteiger partial charge in [0.25, 0.3) is 0 Å². The lowest BCUT2D eigenvalue weighted by molar-refractivity contribution is 0.790. The predicted octanol–water partition coefficient (Wildman–Crippen LogP) is 6.59.